The number of rotatable bonds is 4. The van der Waals surface area contributed by atoms with Crippen LogP contribution in [0.3, 0.4) is 0 Å². The molecule has 28 heavy (non-hydrogen) atoms. The maximum absolute atomic E-state index is 12.5. The molecule has 2 aromatic carbocycles. The predicted octanol–water partition coefficient (Wildman–Crippen LogP) is 6.70. The van der Waals surface area contributed by atoms with Crippen molar-refractivity contribution in [2.75, 3.05) is 5.32 Å². The third kappa shape index (κ3) is 7.00. The van der Waals surface area contributed by atoms with Crippen molar-refractivity contribution in [3.8, 4) is 0 Å². The van der Waals surface area contributed by atoms with Gasteiger partial charge in [-0.3, -0.25) is 4.79 Å². The van der Waals surface area contributed by atoms with Gasteiger partial charge in [0.25, 0.3) is 5.91 Å². The molecule has 0 aliphatic rings. The number of hydrogen-bond donors (Lipinski definition) is 3. The zero-order valence-corrected chi connectivity index (χ0v) is 22.0. The minimum Gasteiger partial charge on any atom is -0.339 e. The molecular formula is C17H13Br3Cl3N3OS. The van der Waals surface area contributed by atoms with Crippen LogP contribution in [-0.4, -0.2) is 21.0 Å². The van der Waals surface area contributed by atoms with Gasteiger partial charge < -0.3 is 16.0 Å². The van der Waals surface area contributed by atoms with Crippen molar-refractivity contribution >= 4 is 112 Å². The van der Waals surface area contributed by atoms with Gasteiger partial charge in [0.1, 0.15) is 6.17 Å². The summed E-state index contributed by atoms with van der Waals surface area (Å²) >= 11 is 33.7. The van der Waals surface area contributed by atoms with Gasteiger partial charge in [-0.05, 0) is 86.9 Å². The number of alkyl halides is 3. The molecular weight excluding hydrogens is 640 g/mol. The average molecular weight is 653 g/mol. The first-order chi connectivity index (χ1) is 13.0. The standard InChI is InChI=1S/C17H13Br3Cl3N3OS/c1-8-5-11(19)13(12(20)6-8)24-16(28)26-15(17(21,22)23)25-14(27)9-3-2-4-10(18)7-9/h2-7,15H,1H3,(H,25,27)(H2,24,26,28)/t15-/m1/s1. The van der Waals surface area contributed by atoms with Crippen molar-refractivity contribution < 1.29 is 4.79 Å². The highest BCUT2D eigenvalue weighted by Crippen LogP contribution is 2.33. The second-order valence-corrected chi connectivity index (χ2v) is 11.1. The lowest BCUT2D eigenvalue weighted by Crippen LogP contribution is -2.56. The van der Waals surface area contributed by atoms with Gasteiger partial charge in [-0.15, -0.1) is 0 Å². The van der Waals surface area contributed by atoms with Crippen molar-refractivity contribution in [1.29, 1.82) is 0 Å². The summed E-state index contributed by atoms with van der Waals surface area (Å²) in [6.07, 6.45) is -1.08. The monoisotopic (exact) mass is 649 g/mol. The van der Waals surface area contributed by atoms with Crippen LogP contribution in [0.4, 0.5) is 5.69 Å². The fourth-order valence-corrected chi connectivity index (χ4v) is 4.70. The van der Waals surface area contributed by atoms with E-state index in [1.807, 2.05) is 19.1 Å². The molecule has 0 spiro atoms. The number of nitrogens with one attached hydrogen (secondary N) is 3. The second kappa shape index (κ2) is 10.3. The molecule has 11 heteroatoms. The smallest absolute Gasteiger partial charge is 0.253 e. The van der Waals surface area contributed by atoms with Crippen molar-refractivity contribution in [3.05, 3.63) is 60.9 Å². The average Bonchev–Trinajstić information content (AvgIpc) is 2.56. The van der Waals surface area contributed by atoms with Gasteiger partial charge in [-0.25, -0.2) is 0 Å². The predicted molar refractivity (Wildman–Crippen MR) is 132 cm³/mol. The minimum absolute atomic E-state index is 0.163. The molecule has 0 fully saturated rings. The van der Waals surface area contributed by atoms with E-state index in [0.29, 0.717) is 11.3 Å². The molecule has 0 aliphatic carbocycles. The molecule has 2 aromatic rings. The van der Waals surface area contributed by atoms with Crippen molar-refractivity contribution in [1.82, 2.24) is 10.6 Å². The van der Waals surface area contributed by atoms with Crippen molar-refractivity contribution in [3.63, 3.8) is 0 Å². The lowest BCUT2D eigenvalue weighted by atomic mass is 10.2. The molecule has 0 radical (unpaired) electrons. The molecule has 0 heterocycles. The number of carbonyl (C=O) groups is 1. The summed E-state index contributed by atoms with van der Waals surface area (Å²) < 4.78 is 0.499. The minimum atomic E-state index is -1.85. The molecule has 1 amide bonds. The molecule has 4 nitrogen and oxygen atoms in total. The van der Waals surface area contributed by atoms with Crippen LogP contribution in [0.1, 0.15) is 15.9 Å². The summed E-state index contributed by atoms with van der Waals surface area (Å²) in [7, 11) is 0. The molecule has 3 N–H and O–H groups in total. The number of aryl methyl sites for hydroxylation is 1. The molecule has 0 bridgehead atoms. The Hall–Kier alpha value is -0.0900. The maximum atomic E-state index is 12.5. The summed E-state index contributed by atoms with van der Waals surface area (Å²) in [4.78, 5) is 12.5. The fourth-order valence-electron chi connectivity index (χ4n) is 2.14. The number of amides is 1. The van der Waals surface area contributed by atoms with E-state index in [1.54, 1.807) is 24.3 Å². The van der Waals surface area contributed by atoms with Crippen LogP contribution in [0.25, 0.3) is 0 Å². The zero-order chi connectivity index (χ0) is 21.1. The van der Waals surface area contributed by atoms with Gasteiger partial charge in [-0.1, -0.05) is 56.8 Å². The number of halogens is 6. The third-order valence-electron chi connectivity index (χ3n) is 3.39. The summed E-state index contributed by atoms with van der Waals surface area (Å²) in [5, 5.41) is 8.65. The molecule has 0 saturated heterocycles. The summed E-state index contributed by atoms with van der Waals surface area (Å²) in [5.74, 6) is -0.425. The van der Waals surface area contributed by atoms with Gasteiger partial charge in [-0.2, -0.15) is 0 Å². The Balaban J connectivity index is 2.14. The first kappa shape index (κ1) is 24.2. The van der Waals surface area contributed by atoms with E-state index in [0.717, 1.165) is 19.0 Å². The number of carbonyl (C=O) groups excluding carboxylic acids is 1. The van der Waals surface area contributed by atoms with Gasteiger partial charge in [0, 0.05) is 19.0 Å². The normalized spacial score (nSPS) is 12.2. The highest BCUT2D eigenvalue weighted by Gasteiger charge is 2.35. The van der Waals surface area contributed by atoms with Gasteiger partial charge in [0.05, 0.1) is 5.69 Å². The number of benzene rings is 2. The van der Waals surface area contributed by atoms with Gasteiger partial charge in [0.15, 0.2) is 5.11 Å². The van der Waals surface area contributed by atoms with E-state index in [-0.39, 0.29) is 5.11 Å². The highest BCUT2D eigenvalue weighted by molar-refractivity contribution is 9.11. The van der Waals surface area contributed by atoms with E-state index in [9.17, 15) is 4.79 Å². The molecule has 150 valence electrons. The van der Waals surface area contributed by atoms with Crippen LogP contribution >= 0.6 is 94.8 Å². The van der Waals surface area contributed by atoms with E-state index in [1.165, 1.54) is 0 Å². The Labute approximate surface area is 208 Å². The van der Waals surface area contributed by atoms with Gasteiger partial charge >= 0.3 is 0 Å². The van der Waals surface area contributed by atoms with Crippen molar-refractivity contribution in [2.45, 2.75) is 16.9 Å². The SMILES string of the molecule is Cc1cc(Br)c(NC(=S)N[C@@H](NC(=O)c2cccc(Br)c2)C(Cl)(Cl)Cl)c(Br)c1. The van der Waals surface area contributed by atoms with Crippen LogP contribution in [-0.2, 0) is 0 Å². The van der Waals surface area contributed by atoms with Gasteiger partial charge in [0.2, 0.25) is 3.79 Å². The van der Waals surface area contributed by atoms with Crippen molar-refractivity contribution in [2.24, 2.45) is 0 Å². The Kier molecular flexibility index (Phi) is 8.88. The van der Waals surface area contributed by atoms with Crippen LogP contribution in [0, 0.1) is 6.92 Å². The Morgan fingerprint density at radius 2 is 1.68 bits per heavy atom. The second-order valence-electron chi connectivity index (χ2n) is 5.66. The van der Waals surface area contributed by atoms with Crippen LogP contribution in [0.2, 0.25) is 0 Å². The topological polar surface area (TPSA) is 53.2 Å². The Morgan fingerprint density at radius 3 is 2.21 bits per heavy atom. The van der Waals surface area contributed by atoms with E-state index in [4.69, 9.17) is 47.0 Å². The largest absolute Gasteiger partial charge is 0.339 e. The lowest BCUT2D eigenvalue weighted by molar-refractivity contribution is 0.0934. The molecule has 0 aliphatic heterocycles. The third-order valence-corrected chi connectivity index (χ3v) is 6.01. The first-order valence-corrected chi connectivity index (χ1v) is 11.6. The van der Waals surface area contributed by atoms with Crippen LogP contribution < -0.4 is 16.0 Å². The Morgan fingerprint density at radius 1 is 1.07 bits per heavy atom. The molecule has 1 atom stereocenters. The quantitative estimate of drug-likeness (QED) is 0.196. The zero-order valence-electron chi connectivity index (χ0n) is 14.1. The molecule has 0 unspecified atom stereocenters. The number of thiocarbonyl (C=S) groups is 1. The maximum Gasteiger partial charge on any atom is 0.253 e. The molecule has 0 aromatic heterocycles. The molecule has 2 rings (SSSR count). The van der Waals surface area contributed by atoms with E-state index < -0.39 is 15.9 Å². The van der Waals surface area contributed by atoms with E-state index >= 15 is 0 Å². The van der Waals surface area contributed by atoms with Crippen LogP contribution in [0.15, 0.2) is 49.8 Å². The highest BCUT2D eigenvalue weighted by atomic mass is 79.9. The first-order valence-electron chi connectivity index (χ1n) is 7.63. The van der Waals surface area contributed by atoms with E-state index in [2.05, 4.69) is 63.7 Å². The lowest BCUT2D eigenvalue weighted by Gasteiger charge is -2.28. The van der Waals surface area contributed by atoms with Crippen LogP contribution in [0.5, 0.6) is 0 Å². The summed E-state index contributed by atoms with van der Waals surface area (Å²) in [6.45, 7) is 1.96. The molecule has 0 saturated carbocycles. The number of hydrogen-bond acceptors (Lipinski definition) is 2. The summed E-state index contributed by atoms with van der Waals surface area (Å²) in [5.41, 5.74) is 2.16. The fraction of sp³-hybridized carbons (Fsp3) is 0.176. The summed E-state index contributed by atoms with van der Waals surface area (Å²) in [6, 6.07) is 10.7. The number of anilines is 1. The Bertz CT molecular complexity index is 886.